The Morgan fingerprint density at radius 3 is 2.60 bits per heavy atom. The van der Waals surface area contributed by atoms with E-state index >= 15 is 0 Å². The van der Waals surface area contributed by atoms with Crippen LogP contribution >= 0.6 is 15.9 Å². The van der Waals surface area contributed by atoms with Crippen LogP contribution in [0.4, 0.5) is 11.4 Å². The summed E-state index contributed by atoms with van der Waals surface area (Å²) < 4.78 is 0.984. The highest BCUT2D eigenvalue weighted by Gasteiger charge is 1.99. The van der Waals surface area contributed by atoms with Crippen LogP contribution in [0.3, 0.4) is 0 Å². The Balaban J connectivity index is 2.01. The Kier molecular flexibility index (Phi) is 4.79. The summed E-state index contributed by atoms with van der Waals surface area (Å²) in [7, 11) is 0. The SMILES string of the molecule is O=Nc1cccc(NC(=O)/C=C/c2ccc(Br)cc2)c1. The molecule has 0 saturated carbocycles. The van der Waals surface area contributed by atoms with Gasteiger partial charge in [0, 0.05) is 16.2 Å². The highest BCUT2D eigenvalue weighted by Crippen LogP contribution is 2.17. The highest BCUT2D eigenvalue weighted by molar-refractivity contribution is 9.10. The second kappa shape index (κ2) is 6.77. The number of carbonyl (C=O) groups excluding carboxylic acids is 1. The van der Waals surface area contributed by atoms with Crippen molar-refractivity contribution in [2.45, 2.75) is 0 Å². The monoisotopic (exact) mass is 330 g/mol. The normalized spacial score (nSPS) is 10.4. The largest absolute Gasteiger partial charge is 0.322 e. The molecule has 100 valence electrons. The van der Waals surface area contributed by atoms with Gasteiger partial charge in [-0.1, -0.05) is 34.1 Å². The Bertz CT molecular complexity index is 651. The van der Waals surface area contributed by atoms with Crippen molar-refractivity contribution >= 4 is 39.3 Å². The number of rotatable bonds is 4. The summed E-state index contributed by atoms with van der Waals surface area (Å²) in [5, 5.41) is 5.48. The topological polar surface area (TPSA) is 58.5 Å². The second-order valence-corrected chi connectivity index (χ2v) is 4.93. The minimum Gasteiger partial charge on any atom is -0.322 e. The van der Waals surface area contributed by atoms with Gasteiger partial charge in [-0.15, -0.1) is 4.91 Å². The maximum Gasteiger partial charge on any atom is 0.248 e. The van der Waals surface area contributed by atoms with Crippen LogP contribution in [0.5, 0.6) is 0 Å². The van der Waals surface area contributed by atoms with Gasteiger partial charge in [-0.05, 0) is 47.1 Å². The molecule has 2 aromatic rings. The molecular weight excluding hydrogens is 320 g/mol. The van der Waals surface area contributed by atoms with E-state index in [0.29, 0.717) is 5.69 Å². The second-order valence-electron chi connectivity index (χ2n) is 4.02. The zero-order valence-electron chi connectivity index (χ0n) is 10.4. The third-order valence-electron chi connectivity index (χ3n) is 2.52. The molecule has 0 radical (unpaired) electrons. The van der Waals surface area contributed by atoms with Gasteiger partial charge < -0.3 is 5.32 Å². The average molecular weight is 331 g/mol. The molecule has 0 spiro atoms. The zero-order chi connectivity index (χ0) is 14.4. The molecule has 2 aromatic carbocycles. The van der Waals surface area contributed by atoms with Gasteiger partial charge in [-0.3, -0.25) is 4.79 Å². The van der Waals surface area contributed by atoms with Gasteiger partial charge in [0.25, 0.3) is 0 Å². The summed E-state index contributed by atoms with van der Waals surface area (Å²) in [6.45, 7) is 0. The molecular formula is C15H11BrN2O2. The van der Waals surface area contributed by atoms with Crippen molar-refractivity contribution in [2.75, 3.05) is 5.32 Å². The smallest absolute Gasteiger partial charge is 0.248 e. The van der Waals surface area contributed by atoms with Crippen LogP contribution in [0.1, 0.15) is 5.56 Å². The average Bonchev–Trinajstić information content (AvgIpc) is 2.47. The van der Waals surface area contributed by atoms with E-state index in [1.54, 1.807) is 24.3 Å². The van der Waals surface area contributed by atoms with Crippen molar-refractivity contribution in [2.24, 2.45) is 5.18 Å². The molecule has 0 aromatic heterocycles. The van der Waals surface area contributed by atoms with Gasteiger partial charge in [0.1, 0.15) is 5.69 Å². The maximum atomic E-state index is 11.7. The number of nitrogens with zero attached hydrogens (tertiary/aromatic N) is 1. The number of benzene rings is 2. The molecule has 0 heterocycles. The number of carbonyl (C=O) groups is 1. The molecule has 2 rings (SSSR count). The number of halogens is 1. The zero-order valence-corrected chi connectivity index (χ0v) is 12.0. The van der Waals surface area contributed by atoms with Crippen LogP contribution in [-0.4, -0.2) is 5.91 Å². The minimum atomic E-state index is -0.268. The summed E-state index contributed by atoms with van der Waals surface area (Å²) >= 11 is 3.35. The maximum absolute atomic E-state index is 11.7. The molecule has 0 unspecified atom stereocenters. The van der Waals surface area contributed by atoms with Crippen molar-refractivity contribution in [3.63, 3.8) is 0 Å². The first-order valence-electron chi connectivity index (χ1n) is 5.85. The fourth-order valence-electron chi connectivity index (χ4n) is 1.57. The van der Waals surface area contributed by atoms with Crippen molar-refractivity contribution < 1.29 is 4.79 Å². The van der Waals surface area contributed by atoms with E-state index in [-0.39, 0.29) is 11.6 Å². The Hall–Kier alpha value is -2.27. The number of nitrogens with one attached hydrogen (secondary N) is 1. The van der Waals surface area contributed by atoms with E-state index in [4.69, 9.17) is 0 Å². The number of amides is 1. The molecule has 0 aliphatic rings. The molecule has 1 N–H and O–H groups in total. The third-order valence-corrected chi connectivity index (χ3v) is 3.04. The number of nitroso groups, excluding NO2 is 1. The summed E-state index contributed by atoms with van der Waals surface area (Å²) in [6, 6.07) is 14.0. The lowest BCUT2D eigenvalue weighted by molar-refractivity contribution is -0.111. The quantitative estimate of drug-likeness (QED) is 0.662. The Morgan fingerprint density at radius 1 is 1.15 bits per heavy atom. The highest BCUT2D eigenvalue weighted by atomic mass is 79.9. The van der Waals surface area contributed by atoms with Gasteiger partial charge >= 0.3 is 0 Å². The predicted molar refractivity (Wildman–Crippen MR) is 83.7 cm³/mol. The van der Waals surface area contributed by atoms with E-state index in [1.165, 1.54) is 12.1 Å². The van der Waals surface area contributed by atoms with Crippen LogP contribution in [0, 0.1) is 4.91 Å². The lowest BCUT2D eigenvalue weighted by Crippen LogP contribution is -2.07. The van der Waals surface area contributed by atoms with Gasteiger partial charge in [-0.25, -0.2) is 0 Å². The van der Waals surface area contributed by atoms with Crippen molar-refractivity contribution in [3.05, 3.63) is 69.6 Å². The van der Waals surface area contributed by atoms with E-state index in [1.807, 2.05) is 24.3 Å². The summed E-state index contributed by atoms with van der Waals surface area (Å²) in [6.07, 6.45) is 3.15. The molecule has 0 atom stereocenters. The lowest BCUT2D eigenvalue weighted by atomic mass is 10.2. The first kappa shape index (κ1) is 14.1. The Labute approximate surface area is 124 Å². The van der Waals surface area contributed by atoms with Crippen LogP contribution in [0.15, 0.2) is 64.3 Å². The lowest BCUT2D eigenvalue weighted by Gasteiger charge is -2.01. The Morgan fingerprint density at radius 2 is 1.90 bits per heavy atom. The minimum absolute atomic E-state index is 0.268. The predicted octanol–water partition coefficient (Wildman–Crippen LogP) is 4.50. The summed E-state index contributed by atoms with van der Waals surface area (Å²) in [4.78, 5) is 22.1. The molecule has 5 heteroatoms. The van der Waals surface area contributed by atoms with E-state index in [9.17, 15) is 9.70 Å². The fourth-order valence-corrected chi connectivity index (χ4v) is 1.83. The number of hydrogen-bond donors (Lipinski definition) is 1. The van der Waals surface area contributed by atoms with Gasteiger partial charge in [0.15, 0.2) is 0 Å². The fraction of sp³-hybridized carbons (Fsp3) is 0. The molecule has 0 bridgehead atoms. The summed E-state index contributed by atoms with van der Waals surface area (Å²) in [5.41, 5.74) is 1.74. The van der Waals surface area contributed by atoms with Crippen LogP contribution < -0.4 is 5.32 Å². The number of anilines is 1. The number of hydrogen-bond acceptors (Lipinski definition) is 3. The van der Waals surface area contributed by atoms with E-state index < -0.39 is 0 Å². The van der Waals surface area contributed by atoms with Crippen LogP contribution in [0.2, 0.25) is 0 Å². The molecule has 0 aliphatic carbocycles. The molecule has 0 fully saturated rings. The van der Waals surface area contributed by atoms with E-state index in [2.05, 4.69) is 26.4 Å². The summed E-state index contributed by atoms with van der Waals surface area (Å²) in [5.74, 6) is -0.268. The third kappa shape index (κ3) is 4.13. The van der Waals surface area contributed by atoms with Crippen LogP contribution in [-0.2, 0) is 4.79 Å². The molecule has 1 amide bonds. The van der Waals surface area contributed by atoms with Gasteiger partial charge in [-0.2, -0.15) is 0 Å². The molecule has 0 saturated heterocycles. The van der Waals surface area contributed by atoms with E-state index in [0.717, 1.165) is 10.0 Å². The standard InChI is InChI=1S/C15H11BrN2O2/c16-12-7-4-11(5-8-12)6-9-15(19)17-13-2-1-3-14(10-13)18-20/h1-10H,(H,17,19)/b9-6+. The van der Waals surface area contributed by atoms with Crippen molar-refractivity contribution in [1.29, 1.82) is 0 Å². The molecule has 4 nitrogen and oxygen atoms in total. The molecule has 20 heavy (non-hydrogen) atoms. The first-order chi connectivity index (χ1) is 9.67. The van der Waals surface area contributed by atoms with Crippen LogP contribution in [0.25, 0.3) is 6.08 Å². The van der Waals surface area contributed by atoms with Crippen molar-refractivity contribution in [1.82, 2.24) is 0 Å². The van der Waals surface area contributed by atoms with Gasteiger partial charge in [0.05, 0.1) is 0 Å². The van der Waals surface area contributed by atoms with Gasteiger partial charge in [0.2, 0.25) is 5.91 Å². The first-order valence-corrected chi connectivity index (χ1v) is 6.65. The molecule has 0 aliphatic heterocycles. The van der Waals surface area contributed by atoms with Crippen molar-refractivity contribution in [3.8, 4) is 0 Å².